The van der Waals surface area contributed by atoms with Crippen molar-refractivity contribution < 1.29 is 4.79 Å². The number of halogens is 1. The van der Waals surface area contributed by atoms with Crippen LogP contribution in [0.1, 0.15) is 30.0 Å². The van der Waals surface area contributed by atoms with Gasteiger partial charge in [-0.25, -0.2) is 0 Å². The molecule has 3 rings (SSSR count). The predicted molar refractivity (Wildman–Crippen MR) is 92.4 cm³/mol. The largest absolute Gasteiger partial charge is 0.349 e. The van der Waals surface area contributed by atoms with Gasteiger partial charge in [0.1, 0.15) is 0 Å². The topological polar surface area (TPSA) is 29.1 Å². The summed E-state index contributed by atoms with van der Waals surface area (Å²) in [6.07, 6.45) is 3.27. The van der Waals surface area contributed by atoms with Crippen LogP contribution in [0.5, 0.6) is 0 Å². The maximum Gasteiger partial charge on any atom is 0.230 e. The van der Waals surface area contributed by atoms with Gasteiger partial charge in [-0.1, -0.05) is 35.9 Å². The van der Waals surface area contributed by atoms with E-state index in [0.29, 0.717) is 10.8 Å². The van der Waals surface area contributed by atoms with E-state index in [-0.39, 0.29) is 11.9 Å². The molecule has 1 aliphatic carbocycles. The van der Waals surface area contributed by atoms with Crippen molar-refractivity contribution >= 4 is 29.3 Å². The highest BCUT2D eigenvalue weighted by molar-refractivity contribution is 8.00. The number of amides is 1. The highest BCUT2D eigenvalue weighted by Gasteiger charge is 2.21. The molecule has 0 unspecified atom stereocenters. The number of fused-ring (bicyclic) bond motifs is 1. The van der Waals surface area contributed by atoms with Gasteiger partial charge >= 0.3 is 0 Å². The van der Waals surface area contributed by atoms with Crippen molar-refractivity contribution in [2.45, 2.75) is 30.2 Å². The maximum atomic E-state index is 12.2. The summed E-state index contributed by atoms with van der Waals surface area (Å²) in [6.45, 7) is 0. The van der Waals surface area contributed by atoms with Crippen molar-refractivity contribution in [3.8, 4) is 0 Å². The second-order valence-corrected chi connectivity index (χ2v) is 6.94. The zero-order chi connectivity index (χ0) is 15.4. The fourth-order valence-corrected chi connectivity index (χ4v) is 3.66. The minimum absolute atomic E-state index is 0.0849. The molecule has 0 aromatic heterocycles. The number of rotatable bonds is 4. The van der Waals surface area contributed by atoms with E-state index >= 15 is 0 Å². The molecule has 2 aromatic rings. The fourth-order valence-electron chi connectivity index (χ4n) is 2.82. The van der Waals surface area contributed by atoms with Crippen molar-refractivity contribution in [3.63, 3.8) is 0 Å². The first-order valence-corrected chi connectivity index (χ1v) is 8.84. The molecule has 0 saturated heterocycles. The van der Waals surface area contributed by atoms with Crippen LogP contribution < -0.4 is 5.32 Å². The lowest BCUT2D eigenvalue weighted by Gasteiger charge is -2.26. The highest BCUT2D eigenvalue weighted by Crippen LogP contribution is 2.29. The van der Waals surface area contributed by atoms with Gasteiger partial charge in [0.2, 0.25) is 5.91 Å². The fraction of sp³-hybridized carbons (Fsp3) is 0.278. The number of benzene rings is 2. The molecule has 0 heterocycles. The Balaban J connectivity index is 1.57. The van der Waals surface area contributed by atoms with Crippen molar-refractivity contribution in [2.24, 2.45) is 0 Å². The monoisotopic (exact) mass is 331 g/mol. The quantitative estimate of drug-likeness (QED) is 0.828. The SMILES string of the molecule is O=C(CSc1ccc(Cl)cc1)N[C@@H]1CCCc2ccccc21. The Morgan fingerprint density at radius 1 is 1.18 bits per heavy atom. The maximum absolute atomic E-state index is 12.2. The molecule has 0 aliphatic heterocycles. The van der Waals surface area contributed by atoms with E-state index in [1.165, 1.54) is 22.9 Å². The Hall–Kier alpha value is -1.45. The number of thioether (sulfide) groups is 1. The molecule has 1 aliphatic rings. The Kier molecular flexibility index (Phi) is 5.06. The lowest BCUT2D eigenvalue weighted by molar-refractivity contribution is -0.119. The smallest absolute Gasteiger partial charge is 0.230 e. The average Bonchev–Trinajstić information content (AvgIpc) is 2.55. The van der Waals surface area contributed by atoms with Gasteiger partial charge in [-0.05, 0) is 54.7 Å². The highest BCUT2D eigenvalue weighted by atomic mass is 35.5. The van der Waals surface area contributed by atoms with Crippen molar-refractivity contribution in [2.75, 3.05) is 5.75 Å². The minimum atomic E-state index is 0.0849. The summed E-state index contributed by atoms with van der Waals surface area (Å²) < 4.78 is 0. The molecule has 0 bridgehead atoms. The molecule has 0 fully saturated rings. The summed E-state index contributed by atoms with van der Waals surface area (Å²) in [7, 11) is 0. The summed E-state index contributed by atoms with van der Waals surface area (Å²) in [5.74, 6) is 0.516. The lowest BCUT2D eigenvalue weighted by Crippen LogP contribution is -2.32. The lowest BCUT2D eigenvalue weighted by atomic mass is 9.88. The molecule has 2 nitrogen and oxygen atoms in total. The number of aryl methyl sites for hydroxylation is 1. The molecular formula is C18H18ClNOS. The summed E-state index contributed by atoms with van der Waals surface area (Å²) in [5, 5.41) is 3.89. The third kappa shape index (κ3) is 3.84. The first-order chi connectivity index (χ1) is 10.7. The molecule has 1 N–H and O–H groups in total. The van der Waals surface area contributed by atoms with Gasteiger partial charge < -0.3 is 5.32 Å². The molecule has 1 atom stereocenters. The van der Waals surface area contributed by atoms with Crippen LogP contribution in [0, 0.1) is 0 Å². The number of hydrogen-bond donors (Lipinski definition) is 1. The van der Waals surface area contributed by atoms with Crippen LogP contribution in [0.4, 0.5) is 0 Å². The Bertz CT molecular complexity index is 656. The van der Waals surface area contributed by atoms with E-state index in [1.54, 1.807) is 0 Å². The van der Waals surface area contributed by atoms with Gasteiger partial charge in [0.25, 0.3) is 0 Å². The third-order valence-electron chi connectivity index (χ3n) is 3.89. The van der Waals surface area contributed by atoms with E-state index in [2.05, 4.69) is 23.5 Å². The molecule has 114 valence electrons. The van der Waals surface area contributed by atoms with Crippen molar-refractivity contribution in [3.05, 3.63) is 64.7 Å². The van der Waals surface area contributed by atoms with Gasteiger partial charge in [-0.15, -0.1) is 11.8 Å². The van der Waals surface area contributed by atoms with Gasteiger partial charge in [0.05, 0.1) is 11.8 Å². The van der Waals surface area contributed by atoms with E-state index in [0.717, 1.165) is 24.2 Å². The van der Waals surface area contributed by atoms with Crippen LogP contribution in [0.3, 0.4) is 0 Å². The standard InChI is InChI=1S/C18H18ClNOS/c19-14-8-10-15(11-9-14)22-12-18(21)20-17-7-3-5-13-4-1-2-6-16(13)17/h1-2,4,6,8-11,17H,3,5,7,12H2,(H,20,21)/t17-/m1/s1. The van der Waals surface area contributed by atoms with Gasteiger partial charge in [0, 0.05) is 9.92 Å². The number of hydrogen-bond acceptors (Lipinski definition) is 2. The average molecular weight is 332 g/mol. The van der Waals surface area contributed by atoms with Crippen molar-refractivity contribution in [1.29, 1.82) is 0 Å². The van der Waals surface area contributed by atoms with E-state index in [4.69, 9.17) is 11.6 Å². The normalized spacial score (nSPS) is 16.9. The summed E-state index contributed by atoms with van der Waals surface area (Å²) in [6, 6.07) is 16.1. The zero-order valence-corrected chi connectivity index (χ0v) is 13.8. The van der Waals surface area contributed by atoms with E-state index < -0.39 is 0 Å². The Morgan fingerprint density at radius 3 is 2.77 bits per heavy atom. The second kappa shape index (κ2) is 7.21. The van der Waals surface area contributed by atoms with Crippen LogP contribution in [0.2, 0.25) is 5.02 Å². The summed E-state index contributed by atoms with van der Waals surface area (Å²) >= 11 is 7.40. The molecule has 2 aromatic carbocycles. The first kappa shape index (κ1) is 15.4. The summed E-state index contributed by atoms with van der Waals surface area (Å²) in [5.41, 5.74) is 2.64. The predicted octanol–water partition coefficient (Wildman–Crippen LogP) is 4.63. The van der Waals surface area contributed by atoms with Crippen LogP contribution in [0.25, 0.3) is 0 Å². The Morgan fingerprint density at radius 2 is 1.95 bits per heavy atom. The van der Waals surface area contributed by atoms with E-state index in [1.807, 2.05) is 30.3 Å². The minimum Gasteiger partial charge on any atom is -0.349 e. The zero-order valence-electron chi connectivity index (χ0n) is 12.2. The molecule has 22 heavy (non-hydrogen) atoms. The Labute approximate surface area is 140 Å². The summed E-state index contributed by atoms with van der Waals surface area (Å²) in [4.78, 5) is 13.3. The number of nitrogens with one attached hydrogen (secondary N) is 1. The molecule has 4 heteroatoms. The van der Waals surface area contributed by atoms with Gasteiger partial charge in [0.15, 0.2) is 0 Å². The molecular weight excluding hydrogens is 314 g/mol. The van der Waals surface area contributed by atoms with Crippen LogP contribution in [0.15, 0.2) is 53.4 Å². The molecule has 0 saturated carbocycles. The van der Waals surface area contributed by atoms with Crippen LogP contribution in [-0.2, 0) is 11.2 Å². The number of carbonyl (C=O) groups is 1. The van der Waals surface area contributed by atoms with Crippen LogP contribution >= 0.6 is 23.4 Å². The van der Waals surface area contributed by atoms with Crippen LogP contribution in [-0.4, -0.2) is 11.7 Å². The van der Waals surface area contributed by atoms with Gasteiger partial charge in [-0.3, -0.25) is 4.79 Å². The van der Waals surface area contributed by atoms with E-state index in [9.17, 15) is 4.79 Å². The first-order valence-electron chi connectivity index (χ1n) is 7.48. The third-order valence-corrected chi connectivity index (χ3v) is 5.15. The number of carbonyl (C=O) groups excluding carboxylic acids is 1. The van der Waals surface area contributed by atoms with Gasteiger partial charge in [-0.2, -0.15) is 0 Å². The molecule has 1 amide bonds. The molecule has 0 radical (unpaired) electrons. The van der Waals surface area contributed by atoms with Crippen molar-refractivity contribution in [1.82, 2.24) is 5.32 Å². The molecule has 0 spiro atoms. The second-order valence-electron chi connectivity index (χ2n) is 5.45.